The number of carbonyl (C=O) groups is 2. The molecule has 0 radical (unpaired) electrons. The molecule has 0 fully saturated rings. The van der Waals surface area contributed by atoms with Crippen molar-refractivity contribution in [3.8, 4) is 0 Å². The average Bonchev–Trinajstić information content (AvgIpc) is 2.74. The Morgan fingerprint density at radius 2 is 1.17 bits per heavy atom. The van der Waals surface area contributed by atoms with E-state index in [-0.39, 0.29) is 0 Å². The number of hydrogen-bond acceptors (Lipinski definition) is 2. The summed E-state index contributed by atoms with van der Waals surface area (Å²) in [5.41, 5.74) is 2.23. The number of halogens is 2. The van der Waals surface area contributed by atoms with Crippen molar-refractivity contribution in [1.82, 2.24) is 0 Å². The van der Waals surface area contributed by atoms with Crippen molar-refractivity contribution in [2.75, 3.05) is 4.90 Å². The fourth-order valence-corrected chi connectivity index (χ4v) is 3.85. The number of carbonyl (C=O) groups excluding carboxylic acids is 2. The van der Waals surface area contributed by atoms with E-state index in [0.29, 0.717) is 10.2 Å². The van der Waals surface area contributed by atoms with Gasteiger partial charge in [0.2, 0.25) is 0 Å². The lowest BCUT2D eigenvalue weighted by Gasteiger charge is -2.19. The molecule has 0 spiro atoms. The van der Waals surface area contributed by atoms with Gasteiger partial charge in [-0.05, 0) is 57.4 Å². The second kappa shape index (κ2) is 10.1. The van der Waals surface area contributed by atoms with Gasteiger partial charge < -0.3 is 0 Å². The molecule has 5 heteroatoms. The van der Waals surface area contributed by atoms with Crippen molar-refractivity contribution in [3.05, 3.63) is 111 Å². The summed E-state index contributed by atoms with van der Waals surface area (Å²) in [4.78, 5) is 27.1. The van der Waals surface area contributed by atoms with E-state index < -0.39 is 11.8 Å². The van der Waals surface area contributed by atoms with Gasteiger partial charge in [-0.25, -0.2) is 4.90 Å². The van der Waals surface area contributed by atoms with Gasteiger partial charge in [0.25, 0.3) is 11.8 Å². The summed E-state index contributed by atoms with van der Waals surface area (Å²) in [5.74, 6) is -0.862. The molecule has 0 aliphatic rings. The number of benzene rings is 3. The van der Waals surface area contributed by atoms with Gasteiger partial charge in [0.15, 0.2) is 0 Å². The highest BCUT2D eigenvalue weighted by molar-refractivity contribution is 9.11. The largest absolute Gasteiger partial charge is 0.269 e. The third kappa shape index (κ3) is 5.86. The van der Waals surface area contributed by atoms with Gasteiger partial charge in [0.1, 0.15) is 0 Å². The molecule has 0 aliphatic heterocycles. The number of rotatable bonds is 5. The van der Waals surface area contributed by atoms with Crippen LogP contribution < -0.4 is 4.90 Å². The number of imide groups is 1. The first-order valence-electron chi connectivity index (χ1n) is 8.84. The van der Waals surface area contributed by atoms with Crippen LogP contribution in [0.25, 0.3) is 12.2 Å². The molecular formula is C24H17Br2NO2. The summed E-state index contributed by atoms with van der Waals surface area (Å²) in [5, 5.41) is 0. The van der Waals surface area contributed by atoms with Gasteiger partial charge in [0.05, 0.1) is 5.69 Å². The van der Waals surface area contributed by atoms with Crippen LogP contribution in [0.4, 0.5) is 5.69 Å². The molecule has 3 aromatic rings. The smallest absolute Gasteiger partial charge is 0.258 e. The van der Waals surface area contributed by atoms with Crippen LogP contribution in [0.3, 0.4) is 0 Å². The van der Waals surface area contributed by atoms with Crippen LogP contribution in [0.15, 0.2) is 100.0 Å². The maximum Gasteiger partial charge on any atom is 0.258 e. The first kappa shape index (κ1) is 21.0. The predicted octanol–water partition coefficient (Wildman–Crippen LogP) is 6.50. The summed E-state index contributed by atoms with van der Waals surface area (Å²) in [6, 6.07) is 24.2. The molecule has 0 heterocycles. The van der Waals surface area contributed by atoms with Crippen molar-refractivity contribution in [3.63, 3.8) is 0 Å². The molecule has 0 unspecified atom stereocenters. The second-order valence-corrected chi connectivity index (χ2v) is 7.87. The Morgan fingerprint density at radius 1 is 0.690 bits per heavy atom. The third-order valence-electron chi connectivity index (χ3n) is 4.03. The highest BCUT2D eigenvalue weighted by atomic mass is 79.9. The Bertz CT molecular complexity index is 999. The Hall–Kier alpha value is -2.76. The van der Waals surface area contributed by atoms with Crippen LogP contribution >= 0.6 is 31.9 Å². The van der Waals surface area contributed by atoms with Crippen LogP contribution in [0, 0.1) is 0 Å². The zero-order valence-corrected chi connectivity index (χ0v) is 18.5. The zero-order chi connectivity index (χ0) is 20.6. The molecule has 0 saturated heterocycles. The SMILES string of the molecule is O=C(C=Cc1ccccc1)N(C(=O)C=Cc1ccccc1)c1ccc(Br)cc1Br. The van der Waals surface area contributed by atoms with Crippen molar-refractivity contribution in [2.24, 2.45) is 0 Å². The summed E-state index contributed by atoms with van der Waals surface area (Å²) in [6.07, 6.45) is 6.18. The van der Waals surface area contributed by atoms with E-state index in [4.69, 9.17) is 0 Å². The summed E-state index contributed by atoms with van der Waals surface area (Å²) in [6.45, 7) is 0. The molecule has 2 amide bonds. The van der Waals surface area contributed by atoms with Crippen molar-refractivity contribution < 1.29 is 9.59 Å². The molecule has 0 N–H and O–H groups in total. The molecular weight excluding hydrogens is 494 g/mol. The lowest BCUT2D eigenvalue weighted by Crippen LogP contribution is -2.34. The molecule has 29 heavy (non-hydrogen) atoms. The normalized spacial score (nSPS) is 11.1. The van der Waals surface area contributed by atoms with Crippen molar-refractivity contribution in [1.29, 1.82) is 0 Å². The van der Waals surface area contributed by atoms with Crippen LogP contribution in [0.5, 0.6) is 0 Å². The van der Waals surface area contributed by atoms with Crippen LogP contribution in [-0.2, 0) is 9.59 Å². The molecule has 0 aromatic heterocycles. The monoisotopic (exact) mass is 509 g/mol. The average molecular weight is 511 g/mol. The summed E-state index contributed by atoms with van der Waals surface area (Å²) >= 11 is 6.85. The maximum atomic E-state index is 13.0. The van der Waals surface area contributed by atoms with E-state index in [2.05, 4.69) is 31.9 Å². The van der Waals surface area contributed by atoms with E-state index in [9.17, 15) is 9.59 Å². The molecule has 3 aromatic carbocycles. The first-order chi connectivity index (χ1) is 14.0. The lowest BCUT2D eigenvalue weighted by atomic mass is 10.2. The van der Waals surface area contributed by atoms with Gasteiger partial charge >= 0.3 is 0 Å². The Labute approximate surface area is 186 Å². The Kier molecular flexibility index (Phi) is 7.33. The van der Waals surface area contributed by atoms with Crippen LogP contribution in [0.2, 0.25) is 0 Å². The minimum absolute atomic E-state index is 0.431. The molecule has 3 nitrogen and oxygen atoms in total. The fourth-order valence-electron chi connectivity index (χ4n) is 2.62. The number of nitrogens with zero attached hydrogens (tertiary/aromatic N) is 1. The minimum atomic E-state index is -0.431. The summed E-state index contributed by atoms with van der Waals surface area (Å²) < 4.78 is 1.47. The molecule has 0 bridgehead atoms. The molecule has 0 aliphatic carbocycles. The van der Waals surface area contributed by atoms with Gasteiger partial charge in [0, 0.05) is 21.1 Å². The van der Waals surface area contributed by atoms with Crippen molar-refractivity contribution in [2.45, 2.75) is 0 Å². The van der Waals surface area contributed by atoms with Crippen LogP contribution in [-0.4, -0.2) is 11.8 Å². The van der Waals surface area contributed by atoms with E-state index in [1.807, 2.05) is 60.7 Å². The first-order valence-corrected chi connectivity index (χ1v) is 10.4. The standard InChI is InChI=1S/C24H17Br2NO2/c25-20-13-14-22(21(26)17-20)27(23(28)15-11-18-7-3-1-4-8-18)24(29)16-12-19-9-5-2-6-10-19/h1-17H. The van der Waals surface area contributed by atoms with Gasteiger partial charge in [-0.3, -0.25) is 9.59 Å². The van der Waals surface area contributed by atoms with E-state index in [1.54, 1.807) is 30.4 Å². The van der Waals surface area contributed by atoms with E-state index in [0.717, 1.165) is 20.5 Å². The van der Waals surface area contributed by atoms with E-state index >= 15 is 0 Å². The molecule has 3 rings (SSSR count). The predicted molar refractivity (Wildman–Crippen MR) is 125 cm³/mol. The third-order valence-corrected chi connectivity index (χ3v) is 5.16. The second-order valence-electron chi connectivity index (χ2n) is 6.10. The Balaban J connectivity index is 1.92. The number of amides is 2. The summed E-state index contributed by atoms with van der Waals surface area (Å²) in [7, 11) is 0. The maximum absolute atomic E-state index is 13.0. The number of hydrogen-bond donors (Lipinski definition) is 0. The Morgan fingerprint density at radius 3 is 1.62 bits per heavy atom. The van der Waals surface area contributed by atoms with Crippen LogP contribution in [0.1, 0.15) is 11.1 Å². The molecule has 0 atom stereocenters. The van der Waals surface area contributed by atoms with Crippen molar-refractivity contribution >= 4 is 61.5 Å². The van der Waals surface area contributed by atoms with E-state index in [1.165, 1.54) is 12.2 Å². The topological polar surface area (TPSA) is 37.4 Å². The van der Waals surface area contributed by atoms with Gasteiger partial charge in [-0.2, -0.15) is 0 Å². The fraction of sp³-hybridized carbons (Fsp3) is 0. The highest BCUT2D eigenvalue weighted by Gasteiger charge is 2.22. The lowest BCUT2D eigenvalue weighted by molar-refractivity contribution is -0.121. The quantitative estimate of drug-likeness (QED) is 0.367. The highest BCUT2D eigenvalue weighted by Crippen LogP contribution is 2.30. The molecule has 0 saturated carbocycles. The number of anilines is 1. The minimum Gasteiger partial charge on any atom is -0.269 e. The van der Waals surface area contributed by atoms with Gasteiger partial charge in [-0.1, -0.05) is 76.6 Å². The zero-order valence-electron chi connectivity index (χ0n) is 15.3. The molecule has 144 valence electrons. The van der Waals surface area contributed by atoms with Gasteiger partial charge in [-0.15, -0.1) is 0 Å².